The molecule has 0 N–H and O–H groups in total. The fourth-order valence-electron chi connectivity index (χ4n) is 0.883. The van der Waals surface area contributed by atoms with Gasteiger partial charge in [-0.05, 0) is 10.6 Å². The highest BCUT2D eigenvalue weighted by Gasteiger charge is 2.28. The molecule has 0 spiro atoms. The normalized spacial score (nSPS) is 9.81. The lowest BCUT2D eigenvalue weighted by Crippen LogP contribution is -2.10. The van der Waals surface area contributed by atoms with E-state index in [0.29, 0.717) is 0 Å². The molecule has 9 heteroatoms. The van der Waals surface area contributed by atoms with E-state index in [1.165, 1.54) is 0 Å². The molecule has 0 saturated heterocycles. The third-order valence-corrected chi connectivity index (χ3v) is 1.56. The van der Waals surface area contributed by atoms with Crippen LogP contribution in [0, 0.1) is 29.1 Å². The number of halogens is 5. The van der Waals surface area contributed by atoms with Crippen molar-refractivity contribution in [3.05, 3.63) is 45.1 Å². The number of amides is 1. The van der Waals surface area contributed by atoms with Gasteiger partial charge in [-0.25, -0.2) is 22.0 Å². The number of hydrogen-bond acceptors (Lipinski definition) is 1. The van der Waals surface area contributed by atoms with Gasteiger partial charge in [0.05, 0.1) is 0 Å². The Morgan fingerprint density at radius 1 is 0.938 bits per heavy atom. The molecule has 0 aromatic heterocycles. The van der Waals surface area contributed by atoms with Crippen molar-refractivity contribution in [3.8, 4) is 0 Å². The monoisotopic (exact) mass is 237 g/mol. The zero-order valence-corrected chi connectivity index (χ0v) is 7.14. The maximum absolute atomic E-state index is 12.9. The Hall–Kier alpha value is -2.15. The minimum atomic E-state index is -2.40. The Morgan fingerprint density at radius 2 is 1.31 bits per heavy atom. The first kappa shape index (κ1) is 11.9. The Balaban J connectivity index is 3.64. The van der Waals surface area contributed by atoms with Crippen molar-refractivity contribution in [2.45, 2.75) is 0 Å². The van der Waals surface area contributed by atoms with E-state index in [1.54, 1.807) is 0 Å². The molecular weight excluding hydrogens is 237 g/mol. The number of carbonyl (C=O) groups excluding carboxylic acids is 1. The second-order valence-electron chi connectivity index (χ2n) is 2.44. The van der Waals surface area contributed by atoms with Crippen molar-refractivity contribution in [2.75, 3.05) is 0 Å². The van der Waals surface area contributed by atoms with Crippen LogP contribution in [-0.4, -0.2) is 5.91 Å². The quantitative estimate of drug-likeness (QED) is 0.185. The maximum atomic E-state index is 12.9. The predicted molar refractivity (Wildman–Crippen MR) is 39.7 cm³/mol. The average molecular weight is 237 g/mol. The van der Waals surface area contributed by atoms with Gasteiger partial charge in [-0.15, -0.1) is 0 Å². The number of hydrogen-bond donors (Lipinski definition) is 0. The van der Waals surface area contributed by atoms with Crippen LogP contribution in [0.15, 0.2) is 5.11 Å². The molecule has 0 aliphatic rings. The van der Waals surface area contributed by atoms with Gasteiger partial charge in [0.1, 0.15) is 5.56 Å². The summed E-state index contributed by atoms with van der Waals surface area (Å²) in [6.45, 7) is 0. The van der Waals surface area contributed by atoms with Crippen LogP contribution in [0.25, 0.3) is 10.4 Å². The summed E-state index contributed by atoms with van der Waals surface area (Å²) in [7, 11) is 0. The molecule has 0 bridgehead atoms. The second kappa shape index (κ2) is 4.15. The van der Waals surface area contributed by atoms with Crippen LogP contribution in [-0.2, 0) is 0 Å². The highest BCUT2D eigenvalue weighted by Crippen LogP contribution is 2.23. The maximum Gasteiger partial charge on any atom is 0.255 e. The Kier molecular flexibility index (Phi) is 3.09. The van der Waals surface area contributed by atoms with Crippen LogP contribution in [0.5, 0.6) is 0 Å². The van der Waals surface area contributed by atoms with Crippen LogP contribution in [0.2, 0.25) is 0 Å². The lowest BCUT2D eigenvalue weighted by Gasteiger charge is -2.03. The molecule has 0 fully saturated rings. The highest BCUT2D eigenvalue weighted by atomic mass is 19.2. The van der Waals surface area contributed by atoms with Crippen molar-refractivity contribution in [1.29, 1.82) is 0 Å². The number of azide groups is 1. The van der Waals surface area contributed by atoms with Crippen LogP contribution in [0.1, 0.15) is 10.4 Å². The molecule has 0 atom stereocenters. The van der Waals surface area contributed by atoms with E-state index in [4.69, 9.17) is 5.53 Å². The van der Waals surface area contributed by atoms with E-state index < -0.39 is 40.6 Å². The number of nitrogens with zero attached hydrogens (tertiary/aromatic N) is 3. The van der Waals surface area contributed by atoms with E-state index >= 15 is 0 Å². The molecular formula is C7F5N3O. The van der Waals surface area contributed by atoms with Crippen molar-refractivity contribution in [2.24, 2.45) is 5.11 Å². The molecule has 1 aromatic carbocycles. The summed E-state index contributed by atoms with van der Waals surface area (Å²) in [4.78, 5) is 12.6. The summed E-state index contributed by atoms with van der Waals surface area (Å²) < 4.78 is 63.3. The largest absolute Gasteiger partial charge is 0.287 e. The molecule has 1 rings (SSSR count). The molecule has 0 unspecified atom stereocenters. The smallest absolute Gasteiger partial charge is 0.255 e. The third kappa shape index (κ3) is 1.68. The van der Waals surface area contributed by atoms with Gasteiger partial charge in [0.25, 0.3) is 5.91 Å². The van der Waals surface area contributed by atoms with Crippen LogP contribution >= 0.6 is 0 Å². The Bertz CT molecular complexity index is 494. The summed E-state index contributed by atoms with van der Waals surface area (Å²) in [6, 6.07) is 0. The Labute approximate surface area is 83.9 Å². The lowest BCUT2D eigenvalue weighted by molar-refractivity contribution is 0.0989. The van der Waals surface area contributed by atoms with E-state index in [2.05, 4.69) is 5.11 Å². The molecule has 0 aliphatic heterocycles. The first-order chi connectivity index (χ1) is 7.41. The SMILES string of the molecule is [N-]=[N+]=NC(=O)c1c(F)c(F)c(F)c(F)c1F. The van der Waals surface area contributed by atoms with Crippen LogP contribution in [0.3, 0.4) is 0 Å². The summed E-state index contributed by atoms with van der Waals surface area (Å²) in [5, 5.41) is 2.23. The van der Waals surface area contributed by atoms with Crippen molar-refractivity contribution < 1.29 is 26.7 Å². The molecule has 84 valence electrons. The van der Waals surface area contributed by atoms with E-state index in [0.717, 1.165) is 0 Å². The zero-order chi connectivity index (χ0) is 12.5. The van der Waals surface area contributed by atoms with Gasteiger partial charge in [-0.2, -0.15) is 0 Å². The zero-order valence-electron chi connectivity index (χ0n) is 7.14. The van der Waals surface area contributed by atoms with Gasteiger partial charge in [0.2, 0.25) is 5.82 Å². The van der Waals surface area contributed by atoms with Crippen molar-refractivity contribution in [1.82, 2.24) is 0 Å². The lowest BCUT2D eigenvalue weighted by atomic mass is 10.1. The second-order valence-corrected chi connectivity index (χ2v) is 2.44. The summed E-state index contributed by atoms with van der Waals surface area (Å²) >= 11 is 0. The molecule has 0 aliphatic carbocycles. The topological polar surface area (TPSA) is 65.8 Å². The van der Waals surface area contributed by atoms with Crippen LogP contribution < -0.4 is 0 Å². The predicted octanol–water partition coefficient (Wildman–Crippen LogP) is 2.83. The third-order valence-electron chi connectivity index (χ3n) is 1.56. The fourth-order valence-corrected chi connectivity index (χ4v) is 0.883. The van der Waals surface area contributed by atoms with E-state index in [9.17, 15) is 26.7 Å². The molecule has 0 saturated carbocycles. The minimum Gasteiger partial charge on any atom is -0.287 e. The number of benzene rings is 1. The molecule has 16 heavy (non-hydrogen) atoms. The van der Waals surface area contributed by atoms with Crippen LogP contribution in [0.4, 0.5) is 22.0 Å². The molecule has 1 aromatic rings. The minimum absolute atomic E-state index is 1.78. The van der Waals surface area contributed by atoms with E-state index in [1.807, 2.05) is 4.91 Å². The first-order valence-corrected chi connectivity index (χ1v) is 3.52. The molecule has 0 radical (unpaired) electrons. The summed E-state index contributed by atoms with van der Waals surface area (Å²) in [5.74, 6) is -13.5. The summed E-state index contributed by atoms with van der Waals surface area (Å²) in [5.41, 5.74) is 6.02. The van der Waals surface area contributed by atoms with Gasteiger partial charge < -0.3 is 0 Å². The van der Waals surface area contributed by atoms with Gasteiger partial charge >= 0.3 is 0 Å². The Morgan fingerprint density at radius 3 is 1.69 bits per heavy atom. The van der Waals surface area contributed by atoms with E-state index in [-0.39, 0.29) is 0 Å². The number of rotatable bonds is 1. The van der Waals surface area contributed by atoms with Gasteiger partial charge in [0.15, 0.2) is 23.3 Å². The standard InChI is InChI=1S/C7F5N3O/c8-2-1(7(16)14-15-13)3(9)5(11)6(12)4(2)10. The molecule has 4 nitrogen and oxygen atoms in total. The fraction of sp³-hybridized carbons (Fsp3) is 0. The molecule has 0 heterocycles. The van der Waals surface area contributed by atoms with Crippen molar-refractivity contribution >= 4 is 5.91 Å². The van der Waals surface area contributed by atoms with Gasteiger partial charge in [-0.1, -0.05) is 0 Å². The van der Waals surface area contributed by atoms with Crippen molar-refractivity contribution in [3.63, 3.8) is 0 Å². The van der Waals surface area contributed by atoms with Gasteiger partial charge in [-0.3, -0.25) is 4.79 Å². The first-order valence-electron chi connectivity index (χ1n) is 3.52. The molecule has 1 amide bonds. The number of carbonyl (C=O) groups is 1. The highest BCUT2D eigenvalue weighted by molar-refractivity contribution is 5.95. The van der Waals surface area contributed by atoms with Gasteiger partial charge in [0, 0.05) is 4.91 Å². The summed E-state index contributed by atoms with van der Waals surface area (Å²) in [6.07, 6.45) is 0. The average Bonchev–Trinajstić information content (AvgIpc) is 2.24.